The van der Waals surface area contributed by atoms with Gasteiger partial charge < -0.3 is 4.90 Å². The topological polar surface area (TPSA) is 3.24 Å². The molecule has 1 heteroatoms. The van der Waals surface area contributed by atoms with E-state index in [2.05, 4.69) is 63.2 Å². The summed E-state index contributed by atoms with van der Waals surface area (Å²) in [6.07, 6.45) is 3.36. The highest BCUT2D eigenvalue weighted by molar-refractivity contribution is 5.57. The lowest BCUT2D eigenvalue weighted by Gasteiger charge is -2.11. The highest BCUT2D eigenvalue weighted by Crippen LogP contribution is 2.15. The van der Waals surface area contributed by atoms with E-state index in [0.29, 0.717) is 0 Å². The fraction of sp³-hybridized carbons (Fsp3) is 0.385. The summed E-state index contributed by atoms with van der Waals surface area (Å²) in [5.41, 5.74) is 3.95. The molecule has 0 aliphatic rings. The molecule has 0 fully saturated rings. The summed E-state index contributed by atoms with van der Waals surface area (Å²) >= 11 is 0. The molecule has 0 heterocycles. The first-order chi connectivity index (χ1) is 6.63. The molecule has 0 amide bonds. The first kappa shape index (κ1) is 10.8. The Hall–Kier alpha value is -1.24. The van der Waals surface area contributed by atoms with Gasteiger partial charge in [0.2, 0.25) is 0 Å². The van der Waals surface area contributed by atoms with Crippen molar-refractivity contribution >= 4 is 11.8 Å². The number of rotatable bonds is 3. The van der Waals surface area contributed by atoms with Crippen LogP contribution in [0.1, 0.15) is 25.8 Å². The Balaban J connectivity index is 2.84. The van der Waals surface area contributed by atoms with Crippen molar-refractivity contribution in [2.24, 2.45) is 0 Å². The van der Waals surface area contributed by atoms with Crippen LogP contribution in [0.3, 0.4) is 0 Å². The normalized spacial score (nSPS) is 11.6. The third kappa shape index (κ3) is 2.91. The van der Waals surface area contributed by atoms with Gasteiger partial charge >= 0.3 is 0 Å². The van der Waals surface area contributed by atoms with Crippen LogP contribution in [0.25, 0.3) is 6.08 Å². The van der Waals surface area contributed by atoms with Crippen LogP contribution in [0.15, 0.2) is 29.8 Å². The largest absolute Gasteiger partial charge is 0.378 e. The summed E-state index contributed by atoms with van der Waals surface area (Å²) in [5.74, 6) is 0. The van der Waals surface area contributed by atoms with Crippen molar-refractivity contribution in [1.82, 2.24) is 0 Å². The maximum Gasteiger partial charge on any atom is 0.0361 e. The predicted molar refractivity (Wildman–Crippen MR) is 64.7 cm³/mol. The van der Waals surface area contributed by atoms with Crippen molar-refractivity contribution in [2.75, 3.05) is 19.0 Å². The van der Waals surface area contributed by atoms with E-state index in [1.54, 1.807) is 0 Å². The van der Waals surface area contributed by atoms with Crippen molar-refractivity contribution in [3.8, 4) is 0 Å². The van der Waals surface area contributed by atoms with Gasteiger partial charge in [0.1, 0.15) is 0 Å². The molecule has 0 aliphatic carbocycles. The van der Waals surface area contributed by atoms with Crippen LogP contribution in [0.2, 0.25) is 0 Å². The van der Waals surface area contributed by atoms with Crippen molar-refractivity contribution in [2.45, 2.75) is 20.3 Å². The molecule has 14 heavy (non-hydrogen) atoms. The minimum Gasteiger partial charge on any atom is -0.378 e. The molecule has 0 saturated carbocycles. The number of benzene rings is 1. The quantitative estimate of drug-likeness (QED) is 0.702. The fourth-order valence-electron chi connectivity index (χ4n) is 1.26. The maximum absolute atomic E-state index is 2.24. The van der Waals surface area contributed by atoms with Crippen LogP contribution < -0.4 is 4.90 Å². The molecule has 0 atom stereocenters. The Labute approximate surface area is 87.1 Å². The Morgan fingerprint density at radius 2 is 1.79 bits per heavy atom. The molecule has 0 spiro atoms. The summed E-state index contributed by atoms with van der Waals surface area (Å²) in [7, 11) is 4.12. The Morgan fingerprint density at radius 1 is 1.21 bits per heavy atom. The summed E-state index contributed by atoms with van der Waals surface area (Å²) in [4.78, 5) is 2.11. The number of anilines is 1. The molecule has 0 radical (unpaired) electrons. The van der Waals surface area contributed by atoms with E-state index in [0.717, 1.165) is 6.42 Å². The van der Waals surface area contributed by atoms with E-state index in [9.17, 15) is 0 Å². The third-order valence-corrected chi connectivity index (χ3v) is 2.38. The van der Waals surface area contributed by atoms with Crippen molar-refractivity contribution < 1.29 is 0 Å². The summed E-state index contributed by atoms with van der Waals surface area (Å²) < 4.78 is 0. The fourth-order valence-corrected chi connectivity index (χ4v) is 1.26. The van der Waals surface area contributed by atoms with Gasteiger partial charge in [-0.05, 0) is 31.0 Å². The first-order valence-electron chi connectivity index (χ1n) is 5.08. The summed E-state index contributed by atoms with van der Waals surface area (Å²) in [6.45, 7) is 4.35. The van der Waals surface area contributed by atoms with Crippen molar-refractivity contribution in [1.29, 1.82) is 0 Å². The van der Waals surface area contributed by atoms with Crippen LogP contribution in [-0.2, 0) is 0 Å². The second kappa shape index (κ2) is 4.85. The zero-order valence-electron chi connectivity index (χ0n) is 9.54. The smallest absolute Gasteiger partial charge is 0.0361 e. The van der Waals surface area contributed by atoms with Gasteiger partial charge in [0.15, 0.2) is 0 Å². The molecule has 76 valence electrons. The average molecular weight is 189 g/mol. The van der Waals surface area contributed by atoms with E-state index < -0.39 is 0 Å². The van der Waals surface area contributed by atoms with Crippen LogP contribution >= 0.6 is 0 Å². The van der Waals surface area contributed by atoms with Gasteiger partial charge in [-0.2, -0.15) is 0 Å². The molecule has 0 aliphatic heterocycles. The summed E-state index contributed by atoms with van der Waals surface area (Å²) in [5, 5.41) is 0. The van der Waals surface area contributed by atoms with Crippen molar-refractivity contribution in [3.05, 3.63) is 35.4 Å². The summed E-state index contributed by atoms with van der Waals surface area (Å²) in [6, 6.07) is 8.62. The molecule has 0 bridgehead atoms. The van der Waals surface area contributed by atoms with Gasteiger partial charge in [0.25, 0.3) is 0 Å². The van der Waals surface area contributed by atoms with Crippen molar-refractivity contribution in [3.63, 3.8) is 0 Å². The number of allylic oxidation sites excluding steroid dienone is 1. The number of nitrogens with zero attached hydrogens (tertiary/aromatic N) is 1. The van der Waals surface area contributed by atoms with Gasteiger partial charge in [0.05, 0.1) is 0 Å². The minimum absolute atomic E-state index is 1.12. The number of hydrogen-bond acceptors (Lipinski definition) is 1. The van der Waals surface area contributed by atoms with E-state index in [1.165, 1.54) is 16.8 Å². The van der Waals surface area contributed by atoms with Gasteiger partial charge in [0, 0.05) is 19.8 Å². The molecule has 0 saturated heterocycles. The third-order valence-electron chi connectivity index (χ3n) is 2.38. The van der Waals surface area contributed by atoms with E-state index in [1.807, 2.05) is 0 Å². The molecular formula is C13H19N. The molecule has 1 rings (SSSR count). The van der Waals surface area contributed by atoms with Gasteiger partial charge in [-0.25, -0.2) is 0 Å². The van der Waals surface area contributed by atoms with Crippen LogP contribution in [-0.4, -0.2) is 14.1 Å². The maximum atomic E-state index is 2.24. The predicted octanol–water partition coefficient (Wildman–Crippen LogP) is 3.57. The molecule has 0 N–H and O–H groups in total. The van der Waals surface area contributed by atoms with Gasteiger partial charge in [-0.15, -0.1) is 0 Å². The lowest BCUT2D eigenvalue weighted by Crippen LogP contribution is -2.07. The molecule has 1 aromatic carbocycles. The molecular weight excluding hydrogens is 170 g/mol. The van der Waals surface area contributed by atoms with Crippen LogP contribution in [0.5, 0.6) is 0 Å². The van der Waals surface area contributed by atoms with Crippen LogP contribution in [0, 0.1) is 0 Å². The van der Waals surface area contributed by atoms with E-state index >= 15 is 0 Å². The van der Waals surface area contributed by atoms with Crippen LogP contribution in [0.4, 0.5) is 5.69 Å². The molecule has 1 nitrogen and oxygen atoms in total. The standard InChI is InChI=1S/C13H19N/c1-5-11(2)10-12-6-8-13(9-7-12)14(3)4/h6-10H,5H2,1-4H3/b11-10-. The second-order valence-electron chi connectivity index (χ2n) is 3.83. The highest BCUT2D eigenvalue weighted by Gasteiger charge is 1.94. The van der Waals surface area contributed by atoms with Gasteiger partial charge in [-0.3, -0.25) is 0 Å². The monoisotopic (exact) mass is 189 g/mol. The highest BCUT2D eigenvalue weighted by atomic mass is 15.1. The number of hydrogen-bond donors (Lipinski definition) is 0. The zero-order valence-corrected chi connectivity index (χ0v) is 9.54. The van der Waals surface area contributed by atoms with E-state index in [4.69, 9.17) is 0 Å². The first-order valence-corrected chi connectivity index (χ1v) is 5.08. The zero-order chi connectivity index (χ0) is 10.6. The Bertz CT molecular complexity index is 307. The molecule has 0 aromatic heterocycles. The van der Waals surface area contributed by atoms with E-state index in [-0.39, 0.29) is 0 Å². The average Bonchev–Trinajstić information content (AvgIpc) is 2.18. The SMILES string of the molecule is CC/C(C)=C\c1ccc(N(C)C)cc1. The molecule has 0 unspecified atom stereocenters. The Morgan fingerprint density at radius 3 is 2.21 bits per heavy atom. The lowest BCUT2D eigenvalue weighted by molar-refractivity contribution is 1.11. The Kier molecular flexibility index (Phi) is 3.75. The molecule has 1 aromatic rings. The van der Waals surface area contributed by atoms with Gasteiger partial charge in [-0.1, -0.05) is 30.7 Å². The minimum atomic E-state index is 1.12. The second-order valence-corrected chi connectivity index (χ2v) is 3.83. The lowest BCUT2D eigenvalue weighted by atomic mass is 10.1.